The summed E-state index contributed by atoms with van der Waals surface area (Å²) in [6.45, 7) is 5.31. The Kier molecular flexibility index (Phi) is 3.81. The van der Waals surface area contributed by atoms with Crippen molar-refractivity contribution in [1.29, 1.82) is 0 Å². The fourth-order valence-electron chi connectivity index (χ4n) is 2.10. The molecular formula is C12H20O5. The van der Waals surface area contributed by atoms with Crippen molar-refractivity contribution < 1.29 is 24.2 Å². The van der Waals surface area contributed by atoms with E-state index < -0.39 is 29.1 Å². The van der Waals surface area contributed by atoms with Crippen LogP contribution in [0.15, 0.2) is 0 Å². The number of aliphatic hydroxyl groups is 1. The second kappa shape index (κ2) is 4.64. The molecule has 0 aliphatic heterocycles. The lowest BCUT2D eigenvalue weighted by molar-refractivity contribution is -0.178. The molecule has 1 aliphatic rings. The first kappa shape index (κ1) is 14.0. The highest BCUT2D eigenvalue weighted by molar-refractivity contribution is 5.84. The number of esters is 2. The van der Waals surface area contributed by atoms with Crippen LogP contribution in [0.3, 0.4) is 0 Å². The average Bonchev–Trinajstić information content (AvgIpc) is 2.10. The molecule has 0 bridgehead atoms. The Morgan fingerprint density at radius 2 is 1.88 bits per heavy atom. The first-order valence-electron chi connectivity index (χ1n) is 5.67. The molecular weight excluding hydrogens is 224 g/mol. The van der Waals surface area contributed by atoms with Gasteiger partial charge >= 0.3 is 11.9 Å². The van der Waals surface area contributed by atoms with Crippen LogP contribution >= 0.6 is 0 Å². The molecule has 0 atom stereocenters. The van der Waals surface area contributed by atoms with Crippen molar-refractivity contribution in [3.8, 4) is 0 Å². The number of hydrogen-bond acceptors (Lipinski definition) is 5. The number of methoxy groups -OCH3 is 1. The highest BCUT2D eigenvalue weighted by Gasteiger charge is 2.52. The SMILES string of the molecule is COC(=O)C1(CC(=O)OC(C)(C)C)CC(O)C1. The van der Waals surface area contributed by atoms with Gasteiger partial charge in [0.1, 0.15) is 5.60 Å². The second-order valence-corrected chi connectivity index (χ2v) is 5.60. The third kappa shape index (κ3) is 3.43. The lowest BCUT2D eigenvalue weighted by Crippen LogP contribution is -2.49. The molecule has 0 aromatic heterocycles. The van der Waals surface area contributed by atoms with Crippen LogP contribution < -0.4 is 0 Å². The van der Waals surface area contributed by atoms with E-state index in [0.29, 0.717) is 0 Å². The van der Waals surface area contributed by atoms with E-state index in [4.69, 9.17) is 4.74 Å². The van der Waals surface area contributed by atoms with Gasteiger partial charge in [0, 0.05) is 0 Å². The van der Waals surface area contributed by atoms with Crippen molar-refractivity contribution in [3.05, 3.63) is 0 Å². The summed E-state index contributed by atoms with van der Waals surface area (Å²) in [7, 11) is 1.28. The lowest BCUT2D eigenvalue weighted by Gasteiger charge is -2.42. The molecule has 1 rings (SSSR count). The molecule has 0 radical (unpaired) electrons. The van der Waals surface area contributed by atoms with Crippen molar-refractivity contribution >= 4 is 11.9 Å². The molecule has 1 saturated carbocycles. The van der Waals surface area contributed by atoms with E-state index in [1.54, 1.807) is 20.8 Å². The molecule has 5 heteroatoms. The first-order valence-corrected chi connectivity index (χ1v) is 5.67. The van der Waals surface area contributed by atoms with Crippen LogP contribution in [0.4, 0.5) is 0 Å². The van der Waals surface area contributed by atoms with Gasteiger partial charge < -0.3 is 14.6 Å². The van der Waals surface area contributed by atoms with Crippen LogP contribution in [0.25, 0.3) is 0 Å². The zero-order valence-corrected chi connectivity index (χ0v) is 10.8. The third-order valence-corrected chi connectivity index (χ3v) is 2.77. The van der Waals surface area contributed by atoms with Crippen LogP contribution in [0.2, 0.25) is 0 Å². The maximum absolute atomic E-state index is 11.7. The van der Waals surface area contributed by atoms with E-state index in [0.717, 1.165) is 0 Å². The Labute approximate surface area is 101 Å². The van der Waals surface area contributed by atoms with Crippen molar-refractivity contribution in [2.24, 2.45) is 5.41 Å². The van der Waals surface area contributed by atoms with Gasteiger partial charge in [0.05, 0.1) is 25.0 Å². The van der Waals surface area contributed by atoms with Crippen LogP contribution in [0, 0.1) is 5.41 Å². The summed E-state index contributed by atoms with van der Waals surface area (Å²) >= 11 is 0. The summed E-state index contributed by atoms with van der Waals surface area (Å²) < 4.78 is 9.85. The van der Waals surface area contributed by atoms with Crippen LogP contribution in [0.5, 0.6) is 0 Å². The van der Waals surface area contributed by atoms with Crippen molar-refractivity contribution in [2.45, 2.75) is 51.7 Å². The average molecular weight is 244 g/mol. The summed E-state index contributed by atoms with van der Waals surface area (Å²) in [5.74, 6) is -0.886. The molecule has 98 valence electrons. The Bertz CT molecular complexity index is 309. The van der Waals surface area contributed by atoms with E-state index in [1.165, 1.54) is 7.11 Å². The third-order valence-electron chi connectivity index (χ3n) is 2.77. The first-order chi connectivity index (χ1) is 7.68. The molecule has 0 amide bonds. The summed E-state index contributed by atoms with van der Waals surface area (Å²) in [6, 6.07) is 0. The number of carbonyl (C=O) groups excluding carboxylic acids is 2. The number of aliphatic hydroxyl groups excluding tert-OH is 1. The molecule has 0 aromatic rings. The minimum Gasteiger partial charge on any atom is -0.469 e. The van der Waals surface area contributed by atoms with Crippen molar-refractivity contribution in [3.63, 3.8) is 0 Å². The summed E-state index contributed by atoms with van der Waals surface area (Å²) in [5.41, 5.74) is -1.47. The number of carbonyl (C=O) groups is 2. The van der Waals surface area contributed by atoms with Gasteiger partial charge in [-0.3, -0.25) is 9.59 Å². The fraction of sp³-hybridized carbons (Fsp3) is 0.833. The predicted octanol–water partition coefficient (Wildman–Crippen LogP) is 1.03. The van der Waals surface area contributed by atoms with Gasteiger partial charge in [0.2, 0.25) is 0 Å². The Morgan fingerprint density at radius 1 is 1.35 bits per heavy atom. The van der Waals surface area contributed by atoms with Crippen LogP contribution in [-0.4, -0.2) is 35.9 Å². The van der Waals surface area contributed by atoms with Crippen molar-refractivity contribution in [1.82, 2.24) is 0 Å². The van der Waals surface area contributed by atoms with Gasteiger partial charge in [0.15, 0.2) is 0 Å². The summed E-state index contributed by atoms with van der Waals surface area (Å²) in [4.78, 5) is 23.3. The van der Waals surface area contributed by atoms with Gasteiger partial charge in [-0.2, -0.15) is 0 Å². The van der Waals surface area contributed by atoms with E-state index in [2.05, 4.69) is 4.74 Å². The van der Waals surface area contributed by atoms with Gasteiger partial charge in [-0.05, 0) is 33.6 Å². The van der Waals surface area contributed by atoms with Crippen LogP contribution in [0.1, 0.15) is 40.0 Å². The summed E-state index contributed by atoms with van der Waals surface area (Å²) in [5, 5.41) is 9.31. The molecule has 0 aromatic carbocycles. The van der Waals surface area contributed by atoms with E-state index in [-0.39, 0.29) is 19.3 Å². The summed E-state index contributed by atoms with van der Waals surface area (Å²) in [6.07, 6.45) is -0.0391. The minimum atomic E-state index is -0.892. The zero-order chi connectivity index (χ0) is 13.3. The zero-order valence-electron chi connectivity index (χ0n) is 10.8. The van der Waals surface area contributed by atoms with Gasteiger partial charge in [-0.15, -0.1) is 0 Å². The molecule has 17 heavy (non-hydrogen) atoms. The van der Waals surface area contributed by atoms with Gasteiger partial charge in [-0.25, -0.2) is 0 Å². The standard InChI is InChI=1S/C12H20O5/c1-11(2,3)17-9(14)7-12(10(15)16-4)5-8(13)6-12/h8,13H,5-7H2,1-4H3. The highest BCUT2D eigenvalue weighted by Crippen LogP contribution is 2.45. The minimum absolute atomic E-state index is 0.0337. The molecule has 0 unspecified atom stereocenters. The number of ether oxygens (including phenoxy) is 2. The largest absolute Gasteiger partial charge is 0.469 e. The van der Waals surface area contributed by atoms with Gasteiger partial charge in [0.25, 0.3) is 0 Å². The van der Waals surface area contributed by atoms with E-state index >= 15 is 0 Å². The van der Waals surface area contributed by atoms with Gasteiger partial charge in [-0.1, -0.05) is 0 Å². The quantitative estimate of drug-likeness (QED) is 0.751. The molecule has 1 fully saturated rings. The number of rotatable bonds is 3. The fourth-order valence-corrected chi connectivity index (χ4v) is 2.10. The lowest BCUT2D eigenvalue weighted by atomic mass is 9.65. The Balaban J connectivity index is 2.63. The van der Waals surface area contributed by atoms with E-state index in [1.807, 2.05) is 0 Å². The topological polar surface area (TPSA) is 72.8 Å². The normalized spacial score (nSPS) is 28.2. The smallest absolute Gasteiger partial charge is 0.312 e. The highest BCUT2D eigenvalue weighted by atomic mass is 16.6. The molecule has 0 spiro atoms. The predicted molar refractivity (Wildman–Crippen MR) is 60.2 cm³/mol. The monoisotopic (exact) mass is 244 g/mol. The van der Waals surface area contributed by atoms with E-state index in [9.17, 15) is 14.7 Å². The Morgan fingerprint density at radius 3 is 2.24 bits per heavy atom. The molecule has 0 heterocycles. The number of hydrogen-bond donors (Lipinski definition) is 1. The second-order valence-electron chi connectivity index (χ2n) is 5.60. The molecule has 1 aliphatic carbocycles. The molecule has 1 N–H and O–H groups in total. The van der Waals surface area contributed by atoms with Crippen molar-refractivity contribution in [2.75, 3.05) is 7.11 Å². The Hall–Kier alpha value is -1.10. The molecule has 0 saturated heterocycles. The van der Waals surface area contributed by atoms with Crippen LogP contribution in [-0.2, 0) is 19.1 Å². The maximum atomic E-state index is 11.7. The maximum Gasteiger partial charge on any atom is 0.312 e. The molecule has 5 nitrogen and oxygen atoms in total.